The van der Waals surface area contributed by atoms with Crippen molar-refractivity contribution in [3.63, 3.8) is 0 Å². The Morgan fingerprint density at radius 2 is 1.27 bits per heavy atom. The van der Waals surface area contributed by atoms with Crippen LogP contribution in [0.15, 0.2) is 91.0 Å². The van der Waals surface area contributed by atoms with E-state index in [0.717, 1.165) is 16.7 Å². The highest BCUT2D eigenvalue weighted by atomic mass is 16.7. The first kappa shape index (κ1) is 30.4. The Bertz CT molecular complexity index is 1220. The topological polar surface area (TPSA) is 83.1 Å². The van der Waals surface area contributed by atoms with Gasteiger partial charge in [-0.05, 0) is 48.8 Å². The number of ether oxygens (including phenoxy) is 4. The van der Waals surface area contributed by atoms with Gasteiger partial charge in [-0.1, -0.05) is 105 Å². The van der Waals surface area contributed by atoms with Crippen LogP contribution in [0.2, 0.25) is 0 Å². The van der Waals surface area contributed by atoms with Crippen LogP contribution in [0.3, 0.4) is 0 Å². The van der Waals surface area contributed by atoms with Crippen molar-refractivity contribution < 1.29 is 28.5 Å². The molecule has 4 rings (SSSR count). The Kier molecular flexibility index (Phi) is 11.1. The molecule has 0 aromatic heterocycles. The molecule has 3 aromatic rings. The lowest BCUT2D eigenvalue weighted by Crippen LogP contribution is -2.54. The Balaban J connectivity index is 1.38. The van der Waals surface area contributed by atoms with E-state index in [0.29, 0.717) is 19.6 Å². The number of nitrogens with one attached hydrogen (secondary N) is 1. The van der Waals surface area contributed by atoms with E-state index in [9.17, 15) is 9.59 Å². The van der Waals surface area contributed by atoms with Gasteiger partial charge in [0.2, 0.25) is 0 Å². The van der Waals surface area contributed by atoms with E-state index in [4.69, 9.17) is 18.9 Å². The van der Waals surface area contributed by atoms with Crippen molar-refractivity contribution in [3.8, 4) is 0 Å². The molecule has 3 aromatic carbocycles. The summed E-state index contributed by atoms with van der Waals surface area (Å²) in [6.07, 6.45) is -2.39. The summed E-state index contributed by atoms with van der Waals surface area (Å²) < 4.78 is 24.4. The summed E-state index contributed by atoms with van der Waals surface area (Å²) in [5.41, 5.74) is 3.14. The quantitative estimate of drug-likeness (QED) is 0.297. The zero-order valence-corrected chi connectivity index (χ0v) is 24.3. The van der Waals surface area contributed by atoms with Gasteiger partial charge in [-0.2, -0.15) is 0 Å². The summed E-state index contributed by atoms with van der Waals surface area (Å²) in [4.78, 5) is 26.2. The summed E-state index contributed by atoms with van der Waals surface area (Å²) in [6.45, 7) is 8.17. The fourth-order valence-corrected chi connectivity index (χ4v) is 5.00. The van der Waals surface area contributed by atoms with Gasteiger partial charge >= 0.3 is 5.97 Å². The molecule has 1 aliphatic heterocycles. The van der Waals surface area contributed by atoms with E-state index < -0.39 is 30.6 Å². The van der Waals surface area contributed by atoms with Crippen molar-refractivity contribution in [2.24, 2.45) is 11.8 Å². The van der Waals surface area contributed by atoms with Crippen molar-refractivity contribution in [1.29, 1.82) is 0 Å². The third-order valence-corrected chi connectivity index (χ3v) is 7.58. The first-order valence-corrected chi connectivity index (χ1v) is 14.3. The van der Waals surface area contributed by atoms with Crippen LogP contribution in [0.4, 0.5) is 0 Å². The molecule has 7 heteroatoms. The van der Waals surface area contributed by atoms with Crippen LogP contribution in [0, 0.1) is 11.8 Å². The molecule has 218 valence electrons. The summed E-state index contributed by atoms with van der Waals surface area (Å²) in [5.74, 6) is -1.25. The average molecular weight is 560 g/mol. The molecule has 1 heterocycles. The van der Waals surface area contributed by atoms with Gasteiger partial charge in [0.05, 0.1) is 13.2 Å². The Hall–Kier alpha value is -3.52. The normalized spacial score (nSPS) is 23.8. The highest BCUT2D eigenvalue weighted by Crippen LogP contribution is 2.35. The maximum Gasteiger partial charge on any atom is 0.336 e. The summed E-state index contributed by atoms with van der Waals surface area (Å²) in [7, 11) is 0. The van der Waals surface area contributed by atoms with Gasteiger partial charge < -0.3 is 24.3 Å². The van der Waals surface area contributed by atoms with Crippen molar-refractivity contribution in [1.82, 2.24) is 5.32 Å². The van der Waals surface area contributed by atoms with Crippen molar-refractivity contribution in [2.45, 2.75) is 78.0 Å². The monoisotopic (exact) mass is 559 g/mol. The van der Waals surface area contributed by atoms with Gasteiger partial charge in [0, 0.05) is 6.04 Å². The molecule has 7 nitrogen and oxygen atoms in total. The molecule has 0 saturated carbocycles. The highest BCUT2D eigenvalue weighted by Gasteiger charge is 2.47. The Morgan fingerprint density at radius 1 is 0.756 bits per heavy atom. The SMILES string of the molecule is CC1[C@H](C)C(C(=O)O[C@H](C)C(=O)N[C@@H](C)Cc2ccccc2)O[C@@H](OCc2ccccc2)[C@H]1OCc1ccccc1. The van der Waals surface area contributed by atoms with Crippen molar-refractivity contribution >= 4 is 11.9 Å². The average Bonchev–Trinajstić information content (AvgIpc) is 2.98. The second-order valence-corrected chi connectivity index (χ2v) is 10.9. The predicted molar refractivity (Wildman–Crippen MR) is 157 cm³/mol. The fourth-order valence-electron chi connectivity index (χ4n) is 5.00. The predicted octanol–water partition coefficient (Wildman–Crippen LogP) is 5.46. The molecule has 0 radical (unpaired) electrons. The maximum absolute atomic E-state index is 13.3. The van der Waals surface area contributed by atoms with Crippen LogP contribution in [-0.2, 0) is 48.2 Å². The van der Waals surface area contributed by atoms with Gasteiger partial charge in [0.15, 0.2) is 18.5 Å². The third kappa shape index (κ3) is 8.73. The molecule has 41 heavy (non-hydrogen) atoms. The summed E-state index contributed by atoms with van der Waals surface area (Å²) in [5, 5.41) is 2.94. The van der Waals surface area contributed by atoms with E-state index >= 15 is 0 Å². The van der Waals surface area contributed by atoms with Gasteiger partial charge in [-0.3, -0.25) is 4.79 Å². The Labute approximate surface area is 243 Å². The summed E-state index contributed by atoms with van der Waals surface area (Å²) >= 11 is 0. The van der Waals surface area contributed by atoms with Gasteiger partial charge in [-0.25, -0.2) is 4.79 Å². The Morgan fingerprint density at radius 3 is 1.83 bits per heavy atom. The van der Waals surface area contributed by atoms with E-state index in [-0.39, 0.29) is 23.8 Å². The second-order valence-electron chi connectivity index (χ2n) is 10.9. The first-order valence-electron chi connectivity index (χ1n) is 14.3. The number of carbonyl (C=O) groups excluding carboxylic acids is 2. The standard InChI is InChI=1S/C34H41NO6/c1-23(20-27-14-8-5-9-15-27)35-32(36)26(4)40-33(37)30-24(2)25(3)31(38-21-28-16-10-6-11-17-28)34(41-30)39-22-29-18-12-7-13-19-29/h5-19,23-26,30-31,34H,20-22H2,1-4H3,(H,35,36)/t23-,24-,25?,26+,30?,31-,34+/m0/s1. The zero-order chi connectivity index (χ0) is 29.2. The van der Waals surface area contributed by atoms with Crippen LogP contribution < -0.4 is 5.32 Å². The minimum Gasteiger partial charge on any atom is -0.451 e. The lowest BCUT2D eigenvalue weighted by Gasteiger charge is -2.43. The number of carbonyl (C=O) groups is 2. The largest absolute Gasteiger partial charge is 0.451 e. The van der Waals surface area contributed by atoms with Gasteiger partial charge in [0.25, 0.3) is 5.91 Å². The molecule has 0 aliphatic carbocycles. The minimum atomic E-state index is -0.970. The number of esters is 1. The van der Waals surface area contributed by atoms with E-state index in [1.165, 1.54) is 0 Å². The number of hydrogen-bond donors (Lipinski definition) is 1. The van der Waals surface area contributed by atoms with Crippen LogP contribution in [0.25, 0.3) is 0 Å². The molecule has 0 spiro atoms. The smallest absolute Gasteiger partial charge is 0.336 e. The molecule has 1 amide bonds. The van der Waals surface area contributed by atoms with Gasteiger partial charge in [0.1, 0.15) is 6.10 Å². The van der Waals surface area contributed by atoms with Crippen LogP contribution in [0.5, 0.6) is 0 Å². The van der Waals surface area contributed by atoms with E-state index in [1.54, 1.807) is 6.92 Å². The van der Waals surface area contributed by atoms with Crippen LogP contribution in [0.1, 0.15) is 44.4 Å². The van der Waals surface area contributed by atoms with Crippen molar-refractivity contribution in [2.75, 3.05) is 0 Å². The molecule has 1 saturated heterocycles. The molecule has 2 unspecified atom stereocenters. The summed E-state index contributed by atoms with van der Waals surface area (Å²) in [6, 6.07) is 29.5. The number of hydrogen-bond acceptors (Lipinski definition) is 6. The van der Waals surface area contributed by atoms with E-state index in [1.807, 2.05) is 112 Å². The highest BCUT2D eigenvalue weighted by molar-refractivity contribution is 5.84. The molecule has 1 fully saturated rings. The number of amides is 1. The van der Waals surface area contributed by atoms with Crippen molar-refractivity contribution in [3.05, 3.63) is 108 Å². The van der Waals surface area contributed by atoms with E-state index in [2.05, 4.69) is 5.32 Å². The second kappa shape index (κ2) is 14.9. The van der Waals surface area contributed by atoms with Gasteiger partial charge in [-0.15, -0.1) is 0 Å². The first-order chi connectivity index (χ1) is 19.8. The maximum atomic E-state index is 13.3. The third-order valence-electron chi connectivity index (χ3n) is 7.58. The number of rotatable bonds is 12. The number of benzene rings is 3. The van der Waals surface area contributed by atoms with Crippen LogP contribution >= 0.6 is 0 Å². The lowest BCUT2D eigenvalue weighted by molar-refractivity contribution is -0.286. The fraction of sp³-hybridized carbons (Fsp3) is 0.412. The molecular formula is C34H41NO6. The molecule has 1 N–H and O–H groups in total. The molecule has 0 bridgehead atoms. The molecular weight excluding hydrogens is 518 g/mol. The molecule has 7 atom stereocenters. The lowest BCUT2D eigenvalue weighted by atomic mass is 9.83. The molecule has 1 aliphatic rings. The zero-order valence-electron chi connectivity index (χ0n) is 24.3. The minimum absolute atomic E-state index is 0.0826. The van der Waals surface area contributed by atoms with Crippen LogP contribution in [-0.4, -0.2) is 42.5 Å².